The molecular formula is C14H24N2S. The number of thiazole rings is 1. The van der Waals surface area contributed by atoms with Crippen LogP contribution in [0.5, 0.6) is 0 Å². The Balaban J connectivity index is 2.28. The van der Waals surface area contributed by atoms with Crippen molar-refractivity contribution < 1.29 is 0 Å². The van der Waals surface area contributed by atoms with Crippen molar-refractivity contribution in [3.63, 3.8) is 0 Å². The quantitative estimate of drug-likeness (QED) is 0.880. The first-order valence-corrected chi connectivity index (χ1v) is 7.60. The van der Waals surface area contributed by atoms with Gasteiger partial charge in [0.25, 0.3) is 0 Å². The fourth-order valence-corrected chi connectivity index (χ4v) is 4.05. The molecule has 0 aliphatic heterocycles. The smallest absolute Gasteiger partial charge is 0.113 e. The number of aromatic nitrogens is 1. The molecule has 0 aromatic carbocycles. The Labute approximate surface area is 109 Å². The van der Waals surface area contributed by atoms with Crippen LogP contribution in [0.3, 0.4) is 0 Å². The summed E-state index contributed by atoms with van der Waals surface area (Å²) in [6.45, 7) is 8.90. The monoisotopic (exact) mass is 252 g/mol. The van der Waals surface area contributed by atoms with Gasteiger partial charge in [-0.3, -0.25) is 0 Å². The summed E-state index contributed by atoms with van der Waals surface area (Å²) < 4.78 is 0. The van der Waals surface area contributed by atoms with E-state index in [1.807, 2.05) is 11.3 Å². The van der Waals surface area contributed by atoms with Crippen molar-refractivity contribution in [2.45, 2.75) is 65.0 Å². The van der Waals surface area contributed by atoms with Crippen molar-refractivity contribution in [2.24, 2.45) is 5.92 Å². The minimum absolute atomic E-state index is 0.0730. The van der Waals surface area contributed by atoms with Crippen molar-refractivity contribution in [2.75, 3.05) is 0 Å². The summed E-state index contributed by atoms with van der Waals surface area (Å²) in [7, 11) is 0. The zero-order valence-corrected chi connectivity index (χ0v) is 12.2. The van der Waals surface area contributed by atoms with E-state index in [0.717, 1.165) is 11.6 Å². The van der Waals surface area contributed by atoms with Gasteiger partial charge in [-0.15, -0.1) is 11.3 Å². The first-order chi connectivity index (χ1) is 8.02. The van der Waals surface area contributed by atoms with Crippen LogP contribution in [0.4, 0.5) is 0 Å². The largest absolute Gasteiger partial charge is 0.303 e. The molecule has 1 unspecified atom stereocenters. The van der Waals surface area contributed by atoms with Crippen LogP contribution in [-0.4, -0.2) is 11.0 Å². The van der Waals surface area contributed by atoms with Gasteiger partial charge in [0.05, 0.1) is 5.54 Å². The topological polar surface area (TPSA) is 24.9 Å². The predicted molar refractivity (Wildman–Crippen MR) is 74.4 cm³/mol. The van der Waals surface area contributed by atoms with Gasteiger partial charge in [0.1, 0.15) is 5.01 Å². The van der Waals surface area contributed by atoms with Gasteiger partial charge in [0.2, 0.25) is 0 Å². The lowest BCUT2D eigenvalue weighted by atomic mass is 9.84. The molecule has 1 aliphatic rings. The van der Waals surface area contributed by atoms with E-state index in [9.17, 15) is 0 Å². The Hall–Kier alpha value is -0.410. The second-order valence-electron chi connectivity index (χ2n) is 5.78. The second kappa shape index (κ2) is 5.07. The molecule has 0 amide bonds. The van der Waals surface area contributed by atoms with Crippen LogP contribution in [0.2, 0.25) is 0 Å². The highest BCUT2D eigenvalue weighted by molar-refractivity contribution is 7.09. The number of rotatable bonds is 4. The first kappa shape index (κ1) is 13.0. The third-order valence-corrected chi connectivity index (χ3v) is 5.02. The van der Waals surface area contributed by atoms with Crippen LogP contribution in [0.1, 0.15) is 57.2 Å². The van der Waals surface area contributed by atoms with Crippen molar-refractivity contribution >= 4 is 11.3 Å². The van der Waals surface area contributed by atoms with Crippen LogP contribution in [0.25, 0.3) is 0 Å². The fraction of sp³-hybridized carbons (Fsp3) is 0.786. The van der Waals surface area contributed by atoms with Crippen molar-refractivity contribution in [1.82, 2.24) is 10.3 Å². The van der Waals surface area contributed by atoms with Gasteiger partial charge in [-0.25, -0.2) is 4.98 Å². The van der Waals surface area contributed by atoms with Gasteiger partial charge in [0.15, 0.2) is 0 Å². The maximum atomic E-state index is 4.74. The molecule has 1 atom stereocenters. The highest BCUT2D eigenvalue weighted by Crippen LogP contribution is 2.41. The Morgan fingerprint density at radius 3 is 2.53 bits per heavy atom. The third kappa shape index (κ3) is 2.71. The van der Waals surface area contributed by atoms with Gasteiger partial charge in [-0.05, 0) is 46.5 Å². The average Bonchev–Trinajstić information content (AvgIpc) is 2.85. The summed E-state index contributed by atoms with van der Waals surface area (Å²) >= 11 is 1.81. The van der Waals surface area contributed by atoms with Crippen LogP contribution in [0, 0.1) is 12.8 Å². The number of hydrogen-bond donors (Lipinski definition) is 1. The van der Waals surface area contributed by atoms with E-state index in [2.05, 4.69) is 38.4 Å². The van der Waals surface area contributed by atoms with Crippen LogP contribution in [0.15, 0.2) is 5.38 Å². The minimum Gasteiger partial charge on any atom is -0.303 e. The zero-order chi connectivity index (χ0) is 12.5. The van der Waals surface area contributed by atoms with E-state index in [1.165, 1.54) is 30.7 Å². The molecule has 2 nitrogen and oxygen atoms in total. The number of nitrogens with one attached hydrogen (secondary N) is 1. The molecule has 96 valence electrons. The average molecular weight is 252 g/mol. The summed E-state index contributed by atoms with van der Waals surface area (Å²) in [4.78, 5) is 4.74. The number of nitrogens with zero attached hydrogens (tertiary/aromatic N) is 1. The Morgan fingerprint density at radius 2 is 2.06 bits per heavy atom. The van der Waals surface area contributed by atoms with Gasteiger partial charge in [-0.1, -0.05) is 12.8 Å². The summed E-state index contributed by atoms with van der Waals surface area (Å²) in [6, 6.07) is 0.504. The normalized spacial score (nSPS) is 21.0. The Bertz CT molecular complexity index is 366. The molecule has 1 heterocycles. The van der Waals surface area contributed by atoms with Crippen LogP contribution >= 0.6 is 11.3 Å². The molecule has 1 aromatic heterocycles. The molecule has 17 heavy (non-hydrogen) atoms. The van der Waals surface area contributed by atoms with Crippen molar-refractivity contribution in [3.8, 4) is 0 Å². The SMILES string of the molecule is Cc1csc(C(C)(NC(C)C)C2CCCC2)n1. The maximum absolute atomic E-state index is 4.74. The summed E-state index contributed by atoms with van der Waals surface area (Å²) in [5.41, 5.74) is 1.23. The van der Waals surface area contributed by atoms with Gasteiger partial charge < -0.3 is 5.32 Å². The molecule has 2 rings (SSSR count). The Kier molecular flexibility index (Phi) is 3.88. The lowest BCUT2D eigenvalue weighted by Crippen LogP contribution is -2.48. The van der Waals surface area contributed by atoms with E-state index >= 15 is 0 Å². The molecule has 1 aromatic rings. The summed E-state index contributed by atoms with van der Waals surface area (Å²) in [5.74, 6) is 0.746. The molecular weight excluding hydrogens is 228 g/mol. The van der Waals surface area contributed by atoms with E-state index in [-0.39, 0.29) is 5.54 Å². The number of aryl methyl sites for hydroxylation is 1. The second-order valence-corrected chi connectivity index (χ2v) is 6.63. The molecule has 1 fully saturated rings. The highest BCUT2D eigenvalue weighted by atomic mass is 32.1. The molecule has 3 heteroatoms. The molecule has 1 aliphatic carbocycles. The van der Waals surface area contributed by atoms with Crippen LogP contribution < -0.4 is 5.32 Å². The predicted octanol–water partition coefficient (Wildman–Crippen LogP) is 3.85. The van der Waals surface area contributed by atoms with E-state index in [4.69, 9.17) is 4.98 Å². The van der Waals surface area contributed by atoms with Gasteiger partial charge >= 0.3 is 0 Å². The molecule has 1 N–H and O–H groups in total. The summed E-state index contributed by atoms with van der Waals surface area (Å²) in [5, 5.41) is 7.22. The van der Waals surface area contributed by atoms with E-state index in [0.29, 0.717) is 6.04 Å². The van der Waals surface area contributed by atoms with Crippen molar-refractivity contribution in [3.05, 3.63) is 16.1 Å². The van der Waals surface area contributed by atoms with E-state index < -0.39 is 0 Å². The molecule has 1 saturated carbocycles. The first-order valence-electron chi connectivity index (χ1n) is 6.72. The lowest BCUT2D eigenvalue weighted by Gasteiger charge is -2.37. The lowest BCUT2D eigenvalue weighted by molar-refractivity contribution is 0.216. The standard InChI is InChI=1S/C14H24N2S/c1-10(2)16-14(4,12-7-5-6-8-12)13-15-11(3)9-17-13/h9-10,12,16H,5-8H2,1-4H3. The van der Waals surface area contributed by atoms with Crippen molar-refractivity contribution in [1.29, 1.82) is 0 Å². The minimum atomic E-state index is 0.0730. The summed E-state index contributed by atoms with van der Waals surface area (Å²) in [6.07, 6.45) is 5.44. The molecule has 0 radical (unpaired) electrons. The van der Waals surface area contributed by atoms with E-state index in [1.54, 1.807) is 0 Å². The highest BCUT2D eigenvalue weighted by Gasteiger charge is 2.39. The molecule has 0 saturated heterocycles. The fourth-order valence-electron chi connectivity index (χ4n) is 3.05. The van der Waals surface area contributed by atoms with Gasteiger partial charge in [0, 0.05) is 17.1 Å². The van der Waals surface area contributed by atoms with Crippen LogP contribution in [-0.2, 0) is 5.54 Å². The molecule has 0 spiro atoms. The Morgan fingerprint density at radius 1 is 1.41 bits per heavy atom. The molecule has 0 bridgehead atoms. The zero-order valence-electron chi connectivity index (χ0n) is 11.4. The number of hydrogen-bond acceptors (Lipinski definition) is 3. The third-order valence-electron chi connectivity index (χ3n) is 3.82. The van der Waals surface area contributed by atoms with Gasteiger partial charge in [-0.2, -0.15) is 0 Å². The maximum Gasteiger partial charge on any atom is 0.113 e.